The van der Waals surface area contributed by atoms with Crippen molar-refractivity contribution in [3.8, 4) is 0 Å². The highest BCUT2D eigenvalue weighted by atomic mass is 35.5. The van der Waals surface area contributed by atoms with Crippen LogP contribution in [0.5, 0.6) is 0 Å². The molecule has 0 radical (unpaired) electrons. The molecule has 0 saturated heterocycles. The summed E-state index contributed by atoms with van der Waals surface area (Å²) in [7, 11) is -0.878. The van der Waals surface area contributed by atoms with Crippen LogP contribution in [-0.2, 0) is 11.3 Å². The van der Waals surface area contributed by atoms with Crippen LogP contribution in [0.25, 0.3) is 0 Å². The van der Waals surface area contributed by atoms with Gasteiger partial charge in [-0.25, -0.2) is 0 Å². The van der Waals surface area contributed by atoms with E-state index >= 15 is 0 Å². The van der Waals surface area contributed by atoms with E-state index in [1.54, 1.807) is 11.8 Å². The number of fused-ring (bicyclic) bond motifs is 1. The SMILES string of the molecule is CCN(CC)CCSC(=S)Nc1cc2c(cc1Cl)COB2O. The number of hydrogen-bond donors (Lipinski definition) is 2. The molecule has 4 nitrogen and oxygen atoms in total. The molecule has 0 spiro atoms. The number of thiocarbonyl (C=S) groups is 1. The van der Waals surface area contributed by atoms with Gasteiger partial charge in [-0.15, -0.1) is 0 Å². The normalized spacial score (nSPS) is 13.6. The van der Waals surface area contributed by atoms with Crippen molar-refractivity contribution in [2.45, 2.75) is 20.5 Å². The molecule has 1 aliphatic rings. The molecular weight excluding hydrogens is 339 g/mol. The molecule has 2 N–H and O–H groups in total. The lowest BCUT2D eigenvalue weighted by atomic mass is 9.79. The largest absolute Gasteiger partial charge is 0.491 e. The number of rotatable bonds is 6. The predicted octanol–water partition coefficient (Wildman–Crippen LogP) is 2.33. The standard InChI is InChI=1S/C14H20BClN2O2S2/c1-3-18(4-2)5-6-22-14(21)17-13-8-11-10(7-12(13)16)9-20-15(11)19/h7-8,19H,3-6,9H2,1-2H3,(H,17,21). The second-order valence-corrected chi connectivity index (χ2v) is 7.16. The third-order valence-corrected chi connectivity index (χ3v) is 5.18. The Balaban J connectivity index is 1.91. The minimum Gasteiger partial charge on any atom is -0.423 e. The van der Waals surface area contributed by atoms with Gasteiger partial charge in [0.1, 0.15) is 4.32 Å². The third-order valence-electron chi connectivity index (χ3n) is 3.66. The van der Waals surface area contributed by atoms with Gasteiger partial charge in [-0.05, 0) is 36.2 Å². The first-order chi connectivity index (χ1) is 10.5. The predicted molar refractivity (Wildman–Crippen MR) is 100 cm³/mol. The summed E-state index contributed by atoms with van der Waals surface area (Å²) in [6, 6.07) is 3.63. The molecule has 22 heavy (non-hydrogen) atoms. The van der Waals surface area contributed by atoms with Gasteiger partial charge in [0, 0.05) is 12.3 Å². The molecule has 0 atom stereocenters. The van der Waals surface area contributed by atoms with Crippen molar-refractivity contribution in [1.29, 1.82) is 0 Å². The number of hydrogen-bond acceptors (Lipinski definition) is 5. The first-order valence-electron chi connectivity index (χ1n) is 7.33. The summed E-state index contributed by atoms with van der Waals surface area (Å²) in [5, 5.41) is 13.5. The van der Waals surface area contributed by atoms with Crippen molar-refractivity contribution in [2.75, 3.05) is 30.7 Å². The fraction of sp³-hybridized carbons (Fsp3) is 0.500. The molecule has 120 valence electrons. The molecule has 0 unspecified atom stereocenters. The lowest BCUT2D eigenvalue weighted by Crippen LogP contribution is -2.28. The van der Waals surface area contributed by atoms with Gasteiger partial charge >= 0.3 is 7.12 Å². The smallest absolute Gasteiger partial charge is 0.423 e. The van der Waals surface area contributed by atoms with Crippen molar-refractivity contribution < 1.29 is 9.68 Å². The monoisotopic (exact) mass is 358 g/mol. The van der Waals surface area contributed by atoms with Crippen LogP contribution in [0, 0.1) is 0 Å². The van der Waals surface area contributed by atoms with Gasteiger partial charge in [-0.2, -0.15) is 0 Å². The van der Waals surface area contributed by atoms with Crippen LogP contribution in [0.2, 0.25) is 5.02 Å². The van der Waals surface area contributed by atoms with Crippen LogP contribution in [0.15, 0.2) is 12.1 Å². The Morgan fingerprint density at radius 3 is 2.91 bits per heavy atom. The lowest BCUT2D eigenvalue weighted by Gasteiger charge is -2.17. The fourth-order valence-electron chi connectivity index (χ4n) is 2.29. The van der Waals surface area contributed by atoms with E-state index in [2.05, 4.69) is 24.1 Å². The number of thioether (sulfide) groups is 1. The zero-order valence-corrected chi connectivity index (χ0v) is 15.2. The summed E-state index contributed by atoms with van der Waals surface area (Å²) in [5.74, 6) is 0.932. The summed E-state index contributed by atoms with van der Waals surface area (Å²) in [6.07, 6.45) is 0. The summed E-state index contributed by atoms with van der Waals surface area (Å²) >= 11 is 13.2. The van der Waals surface area contributed by atoms with Crippen LogP contribution in [-0.4, -0.2) is 46.7 Å². The van der Waals surface area contributed by atoms with Gasteiger partial charge in [0.25, 0.3) is 0 Å². The maximum absolute atomic E-state index is 9.75. The highest BCUT2D eigenvalue weighted by Crippen LogP contribution is 2.26. The molecule has 0 amide bonds. The first kappa shape index (κ1) is 18.0. The number of nitrogens with zero attached hydrogens (tertiary/aromatic N) is 1. The Morgan fingerprint density at radius 2 is 2.23 bits per heavy atom. The molecular formula is C14H20BClN2O2S2. The Morgan fingerprint density at radius 1 is 1.50 bits per heavy atom. The van der Waals surface area contributed by atoms with Gasteiger partial charge in [-0.3, -0.25) is 0 Å². The molecule has 2 rings (SSSR count). The third kappa shape index (κ3) is 4.60. The van der Waals surface area contributed by atoms with E-state index in [1.165, 1.54) is 0 Å². The second kappa shape index (κ2) is 8.52. The molecule has 1 aliphatic heterocycles. The van der Waals surface area contributed by atoms with Gasteiger partial charge in [0.05, 0.1) is 17.3 Å². The summed E-state index contributed by atoms with van der Waals surface area (Å²) in [6.45, 7) is 7.80. The van der Waals surface area contributed by atoms with E-state index in [0.717, 1.165) is 36.4 Å². The van der Waals surface area contributed by atoms with Crippen LogP contribution < -0.4 is 10.8 Å². The van der Waals surface area contributed by atoms with Crippen molar-refractivity contribution in [2.24, 2.45) is 0 Å². The van der Waals surface area contributed by atoms with E-state index < -0.39 is 7.12 Å². The highest BCUT2D eigenvalue weighted by Gasteiger charge is 2.28. The van der Waals surface area contributed by atoms with Crippen LogP contribution in [0.3, 0.4) is 0 Å². The quantitative estimate of drug-likeness (QED) is 0.601. The minimum absolute atomic E-state index is 0.388. The molecule has 0 fully saturated rings. The van der Waals surface area contributed by atoms with Crippen LogP contribution in [0.1, 0.15) is 19.4 Å². The van der Waals surface area contributed by atoms with Crippen molar-refractivity contribution in [3.05, 3.63) is 22.7 Å². The molecule has 8 heteroatoms. The second-order valence-electron chi connectivity index (χ2n) is 4.98. The number of halogens is 1. The Kier molecular flexibility index (Phi) is 6.99. The number of anilines is 1. The van der Waals surface area contributed by atoms with E-state index in [4.69, 9.17) is 28.5 Å². The molecule has 1 aromatic carbocycles. The van der Waals surface area contributed by atoms with Crippen molar-refractivity contribution in [3.63, 3.8) is 0 Å². The Labute approximate surface area is 146 Å². The van der Waals surface area contributed by atoms with Gasteiger partial charge in [0.2, 0.25) is 0 Å². The van der Waals surface area contributed by atoms with Gasteiger partial charge in [-0.1, -0.05) is 49.4 Å². The minimum atomic E-state index is -0.878. The maximum Gasteiger partial charge on any atom is 0.491 e. The van der Waals surface area contributed by atoms with Gasteiger partial charge < -0.3 is 19.9 Å². The molecule has 0 aliphatic carbocycles. The Hall–Kier alpha value is -0.305. The topological polar surface area (TPSA) is 44.7 Å². The summed E-state index contributed by atoms with van der Waals surface area (Å²) in [5.41, 5.74) is 2.39. The van der Waals surface area contributed by atoms with Crippen LogP contribution in [0.4, 0.5) is 5.69 Å². The first-order valence-corrected chi connectivity index (χ1v) is 9.10. The summed E-state index contributed by atoms with van der Waals surface area (Å²) < 4.78 is 5.86. The van der Waals surface area contributed by atoms with Crippen molar-refractivity contribution >= 4 is 58.2 Å². The molecule has 1 heterocycles. The fourth-order valence-corrected chi connectivity index (χ4v) is 3.60. The van der Waals surface area contributed by atoms with E-state index in [-0.39, 0.29) is 0 Å². The lowest BCUT2D eigenvalue weighted by molar-refractivity contribution is 0.275. The van der Waals surface area contributed by atoms with E-state index in [1.807, 2.05) is 12.1 Å². The highest BCUT2D eigenvalue weighted by molar-refractivity contribution is 8.23. The van der Waals surface area contributed by atoms with Gasteiger partial charge in [0.15, 0.2) is 0 Å². The van der Waals surface area contributed by atoms with Crippen molar-refractivity contribution in [1.82, 2.24) is 4.90 Å². The zero-order chi connectivity index (χ0) is 16.1. The van der Waals surface area contributed by atoms with E-state index in [9.17, 15) is 5.02 Å². The number of benzene rings is 1. The number of nitrogens with one attached hydrogen (secondary N) is 1. The average molecular weight is 359 g/mol. The Bertz CT molecular complexity index is 544. The zero-order valence-electron chi connectivity index (χ0n) is 12.8. The molecule has 0 saturated carbocycles. The molecule has 0 bridgehead atoms. The maximum atomic E-state index is 9.75. The summed E-state index contributed by atoms with van der Waals surface area (Å²) in [4.78, 5) is 2.35. The van der Waals surface area contributed by atoms with Crippen LogP contribution >= 0.6 is 35.6 Å². The molecule has 1 aromatic rings. The van der Waals surface area contributed by atoms with E-state index in [0.29, 0.717) is 21.6 Å². The molecule has 0 aromatic heterocycles. The average Bonchev–Trinajstić information content (AvgIpc) is 2.85.